The Balaban J connectivity index is 1.68. The highest BCUT2D eigenvalue weighted by molar-refractivity contribution is 5.97. The van der Waals surface area contributed by atoms with Crippen molar-refractivity contribution in [1.29, 1.82) is 0 Å². The zero-order chi connectivity index (χ0) is 19.0. The molecule has 2 aromatic rings. The minimum atomic E-state index is -0.871. The summed E-state index contributed by atoms with van der Waals surface area (Å²) in [7, 11) is 1.91. The van der Waals surface area contributed by atoms with Gasteiger partial charge < -0.3 is 14.4 Å². The number of hydrogen-bond donors (Lipinski definition) is 0. The van der Waals surface area contributed by atoms with Crippen LogP contribution < -0.4 is 0 Å². The summed E-state index contributed by atoms with van der Waals surface area (Å²) in [4.78, 5) is 28.4. The Morgan fingerprint density at radius 3 is 1.88 bits per heavy atom. The van der Waals surface area contributed by atoms with Crippen LogP contribution in [0.4, 0.5) is 8.78 Å². The van der Waals surface area contributed by atoms with E-state index in [0.717, 1.165) is 23.5 Å². The summed E-state index contributed by atoms with van der Waals surface area (Å²) < 4.78 is 28.8. The van der Waals surface area contributed by atoms with E-state index in [1.54, 1.807) is 4.90 Å². The highest BCUT2D eigenvalue weighted by atomic mass is 19.1. The van der Waals surface area contributed by atoms with E-state index in [0.29, 0.717) is 37.8 Å². The quantitative estimate of drug-likeness (QED) is 0.825. The number of piperazine rings is 1. The molecule has 0 saturated carbocycles. The van der Waals surface area contributed by atoms with Gasteiger partial charge in [-0.25, -0.2) is 8.78 Å². The number of aryl methyl sites for hydroxylation is 1. The monoisotopic (exact) mass is 361 g/mol. The van der Waals surface area contributed by atoms with E-state index in [9.17, 15) is 18.4 Å². The van der Waals surface area contributed by atoms with Crippen LogP contribution in [-0.4, -0.2) is 52.4 Å². The third-order valence-electron chi connectivity index (χ3n) is 5.02. The minimum Gasteiger partial charge on any atom is -0.351 e. The van der Waals surface area contributed by atoms with Crippen LogP contribution in [0.25, 0.3) is 0 Å². The average Bonchev–Trinajstić information content (AvgIpc) is 2.88. The third-order valence-corrected chi connectivity index (χ3v) is 5.02. The van der Waals surface area contributed by atoms with E-state index in [4.69, 9.17) is 0 Å². The molecule has 1 aliphatic heterocycles. The molecule has 7 heteroatoms. The molecular weight excluding hydrogens is 340 g/mol. The molecule has 0 radical (unpaired) electrons. The van der Waals surface area contributed by atoms with Crippen LogP contribution >= 0.6 is 0 Å². The molecular formula is C19H21F2N3O2. The second-order valence-electron chi connectivity index (χ2n) is 6.55. The average molecular weight is 361 g/mol. The zero-order valence-electron chi connectivity index (χ0n) is 15.1. The summed E-state index contributed by atoms with van der Waals surface area (Å²) in [5, 5.41) is 0. The summed E-state index contributed by atoms with van der Waals surface area (Å²) >= 11 is 0. The van der Waals surface area contributed by atoms with E-state index in [1.807, 2.05) is 31.5 Å². The molecule has 0 N–H and O–H groups in total. The van der Waals surface area contributed by atoms with Crippen LogP contribution in [0, 0.1) is 25.5 Å². The summed E-state index contributed by atoms with van der Waals surface area (Å²) in [6.45, 7) is 5.22. The van der Waals surface area contributed by atoms with Crippen molar-refractivity contribution in [2.45, 2.75) is 13.8 Å². The van der Waals surface area contributed by atoms with Gasteiger partial charge in [-0.05, 0) is 32.0 Å². The SMILES string of the molecule is Cc1cc(C(=O)N2CCN(C(=O)c3ccc(F)cc3F)CC2)c(C)n1C. The lowest BCUT2D eigenvalue weighted by molar-refractivity contribution is 0.0532. The Labute approximate surface area is 150 Å². The molecule has 5 nitrogen and oxygen atoms in total. The second kappa shape index (κ2) is 6.90. The first kappa shape index (κ1) is 18.1. The number of halogens is 2. The van der Waals surface area contributed by atoms with Gasteiger partial charge in [0.05, 0.1) is 11.1 Å². The van der Waals surface area contributed by atoms with Gasteiger partial charge in [-0.15, -0.1) is 0 Å². The normalized spacial score (nSPS) is 14.7. The summed E-state index contributed by atoms with van der Waals surface area (Å²) in [6, 6.07) is 4.79. The van der Waals surface area contributed by atoms with E-state index in [1.165, 1.54) is 4.90 Å². The van der Waals surface area contributed by atoms with E-state index < -0.39 is 17.5 Å². The van der Waals surface area contributed by atoms with Crippen molar-refractivity contribution < 1.29 is 18.4 Å². The molecule has 1 fully saturated rings. The van der Waals surface area contributed by atoms with Crippen molar-refractivity contribution in [2.75, 3.05) is 26.2 Å². The fourth-order valence-electron chi connectivity index (χ4n) is 3.19. The van der Waals surface area contributed by atoms with Crippen LogP contribution in [0.5, 0.6) is 0 Å². The number of aromatic nitrogens is 1. The lowest BCUT2D eigenvalue weighted by Gasteiger charge is -2.35. The molecule has 26 heavy (non-hydrogen) atoms. The van der Waals surface area contributed by atoms with E-state index >= 15 is 0 Å². The lowest BCUT2D eigenvalue weighted by atomic mass is 10.1. The number of carbonyl (C=O) groups excluding carboxylic acids is 2. The molecule has 0 unspecified atom stereocenters. The molecule has 1 saturated heterocycles. The Hall–Kier alpha value is -2.70. The van der Waals surface area contributed by atoms with Crippen LogP contribution in [0.2, 0.25) is 0 Å². The molecule has 138 valence electrons. The number of benzene rings is 1. The molecule has 0 aliphatic carbocycles. The summed E-state index contributed by atoms with van der Waals surface area (Å²) in [5.41, 5.74) is 2.42. The Morgan fingerprint density at radius 1 is 0.885 bits per heavy atom. The second-order valence-corrected chi connectivity index (χ2v) is 6.55. The number of hydrogen-bond acceptors (Lipinski definition) is 2. The molecule has 2 amide bonds. The fraction of sp³-hybridized carbons (Fsp3) is 0.368. The highest BCUT2D eigenvalue weighted by Crippen LogP contribution is 2.18. The van der Waals surface area contributed by atoms with Crippen molar-refractivity contribution in [2.24, 2.45) is 7.05 Å². The summed E-state index contributed by atoms with van der Waals surface area (Å²) in [6.07, 6.45) is 0. The molecule has 0 atom stereocenters. The van der Waals surface area contributed by atoms with Crippen LogP contribution in [0.1, 0.15) is 32.1 Å². The van der Waals surface area contributed by atoms with E-state index in [2.05, 4.69) is 0 Å². The molecule has 0 spiro atoms. The molecule has 1 aromatic heterocycles. The lowest BCUT2D eigenvalue weighted by Crippen LogP contribution is -2.50. The standard InChI is InChI=1S/C19H21F2N3O2/c1-12-10-16(13(2)22(12)3)19(26)24-8-6-23(7-9-24)18(25)15-5-4-14(20)11-17(15)21/h4-5,10-11H,6-9H2,1-3H3. The fourth-order valence-corrected chi connectivity index (χ4v) is 3.19. The van der Waals surface area contributed by atoms with Crippen molar-refractivity contribution in [1.82, 2.24) is 14.4 Å². The Kier molecular flexibility index (Phi) is 4.80. The van der Waals surface area contributed by atoms with Crippen molar-refractivity contribution in [3.8, 4) is 0 Å². The number of carbonyl (C=O) groups is 2. The van der Waals surface area contributed by atoms with Gasteiger partial charge in [-0.2, -0.15) is 0 Å². The largest absolute Gasteiger partial charge is 0.351 e. The first-order valence-corrected chi connectivity index (χ1v) is 8.46. The molecule has 1 aromatic carbocycles. The van der Waals surface area contributed by atoms with Gasteiger partial charge in [0.15, 0.2) is 0 Å². The van der Waals surface area contributed by atoms with Gasteiger partial charge in [0.1, 0.15) is 11.6 Å². The van der Waals surface area contributed by atoms with Gasteiger partial charge in [-0.1, -0.05) is 0 Å². The summed E-state index contributed by atoms with van der Waals surface area (Å²) in [5.74, 6) is -2.14. The maximum atomic E-state index is 13.8. The maximum absolute atomic E-state index is 13.8. The van der Waals surface area contributed by atoms with Gasteiger partial charge in [0.25, 0.3) is 11.8 Å². The number of nitrogens with zero attached hydrogens (tertiary/aromatic N) is 3. The number of amides is 2. The maximum Gasteiger partial charge on any atom is 0.256 e. The van der Waals surface area contributed by atoms with Crippen molar-refractivity contribution in [3.63, 3.8) is 0 Å². The Morgan fingerprint density at radius 2 is 1.42 bits per heavy atom. The predicted molar refractivity (Wildman–Crippen MR) is 93.1 cm³/mol. The third kappa shape index (κ3) is 3.21. The smallest absolute Gasteiger partial charge is 0.256 e. The highest BCUT2D eigenvalue weighted by Gasteiger charge is 2.28. The first-order chi connectivity index (χ1) is 12.3. The number of rotatable bonds is 2. The first-order valence-electron chi connectivity index (χ1n) is 8.46. The van der Waals surface area contributed by atoms with Crippen LogP contribution in [0.15, 0.2) is 24.3 Å². The van der Waals surface area contributed by atoms with Gasteiger partial charge in [0.2, 0.25) is 0 Å². The van der Waals surface area contributed by atoms with Crippen LogP contribution in [0.3, 0.4) is 0 Å². The van der Waals surface area contributed by atoms with Gasteiger partial charge in [-0.3, -0.25) is 9.59 Å². The van der Waals surface area contributed by atoms with E-state index in [-0.39, 0.29) is 11.5 Å². The Bertz CT molecular complexity index is 868. The van der Waals surface area contributed by atoms with Crippen molar-refractivity contribution >= 4 is 11.8 Å². The predicted octanol–water partition coefficient (Wildman–Crippen LogP) is 2.52. The zero-order valence-corrected chi connectivity index (χ0v) is 15.1. The van der Waals surface area contributed by atoms with Crippen molar-refractivity contribution in [3.05, 3.63) is 58.4 Å². The van der Waals surface area contributed by atoms with Gasteiger partial charge in [0, 0.05) is 50.7 Å². The molecule has 3 rings (SSSR count). The minimum absolute atomic E-state index is 0.0636. The van der Waals surface area contributed by atoms with Gasteiger partial charge >= 0.3 is 0 Å². The van der Waals surface area contributed by atoms with Crippen LogP contribution in [-0.2, 0) is 7.05 Å². The molecule has 1 aliphatic rings. The molecule has 2 heterocycles. The molecule has 0 bridgehead atoms. The topological polar surface area (TPSA) is 45.6 Å².